The third-order valence-electron chi connectivity index (χ3n) is 2.76. The highest BCUT2D eigenvalue weighted by Crippen LogP contribution is 2.15. The van der Waals surface area contributed by atoms with Crippen LogP contribution in [0.5, 0.6) is 5.75 Å². The van der Waals surface area contributed by atoms with Crippen molar-refractivity contribution in [3.63, 3.8) is 0 Å². The first kappa shape index (κ1) is 14.0. The number of thiazole rings is 1. The summed E-state index contributed by atoms with van der Waals surface area (Å²) in [5.74, 6) is 0.935. The van der Waals surface area contributed by atoms with Crippen LogP contribution in [0, 0.1) is 0 Å². The predicted molar refractivity (Wildman–Crippen MR) is 79.6 cm³/mol. The molecule has 102 valence electrons. The van der Waals surface area contributed by atoms with E-state index in [1.807, 2.05) is 25.3 Å². The van der Waals surface area contributed by atoms with Crippen LogP contribution in [0.3, 0.4) is 0 Å². The number of benzene rings is 1. The van der Waals surface area contributed by atoms with Crippen LogP contribution in [0.2, 0.25) is 0 Å². The minimum absolute atomic E-state index is 0.704. The molecular weight excluding hydrogens is 256 g/mol. The van der Waals surface area contributed by atoms with Gasteiger partial charge in [0.1, 0.15) is 10.8 Å². The van der Waals surface area contributed by atoms with E-state index in [2.05, 4.69) is 29.4 Å². The summed E-state index contributed by atoms with van der Waals surface area (Å²) in [6.45, 7) is 6.52. The van der Waals surface area contributed by atoms with Gasteiger partial charge in [-0.3, -0.25) is 0 Å². The highest BCUT2D eigenvalue weighted by Gasteiger charge is 2.01. The first-order valence-electron chi connectivity index (χ1n) is 6.67. The van der Waals surface area contributed by atoms with Crippen molar-refractivity contribution in [1.29, 1.82) is 0 Å². The van der Waals surface area contributed by atoms with E-state index in [0.717, 1.165) is 30.3 Å². The maximum Gasteiger partial charge on any atom is 0.119 e. The lowest BCUT2D eigenvalue weighted by atomic mass is 10.2. The van der Waals surface area contributed by atoms with Crippen molar-refractivity contribution >= 4 is 11.3 Å². The number of nitrogens with zero attached hydrogens (tertiary/aromatic N) is 1. The molecule has 0 aliphatic rings. The Morgan fingerprint density at radius 3 is 2.89 bits per heavy atom. The zero-order valence-electron chi connectivity index (χ0n) is 11.5. The van der Waals surface area contributed by atoms with Crippen LogP contribution >= 0.6 is 11.3 Å². The molecule has 0 saturated heterocycles. The lowest BCUT2D eigenvalue weighted by Gasteiger charge is -2.06. The van der Waals surface area contributed by atoms with E-state index in [9.17, 15) is 0 Å². The maximum atomic E-state index is 5.49. The second kappa shape index (κ2) is 7.26. The van der Waals surface area contributed by atoms with E-state index in [0.29, 0.717) is 6.61 Å². The molecule has 0 saturated carbocycles. The fourth-order valence-electron chi connectivity index (χ4n) is 1.82. The summed E-state index contributed by atoms with van der Waals surface area (Å²) < 4.78 is 5.49. The molecule has 0 aliphatic carbocycles. The van der Waals surface area contributed by atoms with Gasteiger partial charge in [0.15, 0.2) is 0 Å². The van der Waals surface area contributed by atoms with Crippen LogP contribution in [0.15, 0.2) is 30.5 Å². The molecule has 1 heterocycles. The van der Waals surface area contributed by atoms with Crippen molar-refractivity contribution in [2.24, 2.45) is 0 Å². The molecule has 0 unspecified atom stereocenters. The first-order valence-corrected chi connectivity index (χ1v) is 7.49. The van der Waals surface area contributed by atoms with Crippen molar-refractivity contribution < 1.29 is 4.74 Å². The average Bonchev–Trinajstić information content (AvgIpc) is 2.88. The van der Waals surface area contributed by atoms with Gasteiger partial charge in [0, 0.05) is 24.2 Å². The third-order valence-corrected chi connectivity index (χ3v) is 3.91. The van der Waals surface area contributed by atoms with Gasteiger partial charge in [-0.2, -0.15) is 0 Å². The standard InChI is InChI=1S/C15H20N2OS/c1-3-14-10-17-15(19-14)11-16-9-12-6-5-7-13(8-12)18-4-2/h5-8,10,16H,3-4,9,11H2,1-2H3. The normalized spacial score (nSPS) is 10.6. The predicted octanol–water partition coefficient (Wildman–Crippen LogP) is 3.39. The van der Waals surface area contributed by atoms with Crippen molar-refractivity contribution in [2.75, 3.05) is 6.61 Å². The van der Waals surface area contributed by atoms with Crippen molar-refractivity contribution in [2.45, 2.75) is 33.4 Å². The zero-order valence-corrected chi connectivity index (χ0v) is 12.3. The third kappa shape index (κ3) is 4.33. The summed E-state index contributed by atoms with van der Waals surface area (Å²) in [4.78, 5) is 5.74. The Kier molecular flexibility index (Phi) is 5.36. The molecule has 2 rings (SSSR count). The molecular formula is C15H20N2OS. The van der Waals surface area contributed by atoms with E-state index in [1.54, 1.807) is 11.3 Å². The highest BCUT2D eigenvalue weighted by atomic mass is 32.1. The number of nitrogens with one attached hydrogen (secondary N) is 1. The van der Waals surface area contributed by atoms with Gasteiger partial charge in [-0.05, 0) is 31.0 Å². The molecule has 1 aromatic carbocycles. The minimum atomic E-state index is 0.704. The molecule has 1 aromatic heterocycles. The topological polar surface area (TPSA) is 34.1 Å². The van der Waals surface area contributed by atoms with Gasteiger partial charge in [-0.25, -0.2) is 4.98 Å². The van der Waals surface area contributed by atoms with Gasteiger partial charge >= 0.3 is 0 Å². The molecule has 0 fully saturated rings. The summed E-state index contributed by atoms with van der Waals surface area (Å²) in [5, 5.41) is 4.57. The van der Waals surface area contributed by atoms with E-state index in [4.69, 9.17) is 4.74 Å². The van der Waals surface area contributed by atoms with Gasteiger partial charge in [-0.15, -0.1) is 11.3 Å². The van der Waals surface area contributed by atoms with E-state index < -0.39 is 0 Å². The minimum Gasteiger partial charge on any atom is -0.494 e. The van der Waals surface area contributed by atoms with Crippen LogP contribution in [0.1, 0.15) is 29.3 Å². The highest BCUT2D eigenvalue weighted by molar-refractivity contribution is 7.11. The molecule has 0 atom stereocenters. The van der Waals surface area contributed by atoms with E-state index in [-0.39, 0.29) is 0 Å². The number of aryl methyl sites for hydroxylation is 1. The molecule has 0 aliphatic heterocycles. The Hall–Kier alpha value is -1.39. The fourth-order valence-corrected chi connectivity index (χ4v) is 2.65. The first-order chi connectivity index (χ1) is 9.31. The monoisotopic (exact) mass is 276 g/mol. The van der Waals surface area contributed by atoms with E-state index in [1.165, 1.54) is 10.4 Å². The van der Waals surface area contributed by atoms with Gasteiger partial charge in [0.05, 0.1) is 6.61 Å². The Bertz CT molecular complexity index is 510. The largest absolute Gasteiger partial charge is 0.494 e. The van der Waals surface area contributed by atoms with Crippen LogP contribution in [-0.2, 0) is 19.5 Å². The smallest absolute Gasteiger partial charge is 0.119 e. The van der Waals surface area contributed by atoms with Crippen LogP contribution in [0.25, 0.3) is 0 Å². The second-order valence-corrected chi connectivity index (χ2v) is 5.46. The lowest BCUT2D eigenvalue weighted by Crippen LogP contribution is -2.12. The molecule has 0 bridgehead atoms. The lowest BCUT2D eigenvalue weighted by molar-refractivity contribution is 0.340. The van der Waals surface area contributed by atoms with Crippen molar-refractivity contribution in [3.8, 4) is 5.75 Å². The maximum absolute atomic E-state index is 5.49. The van der Waals surface area contributed by atoms with Crippen LogP contribution in [-0.4, -0.2) is 11.6 Å². The summed E-state index contributed by atoms with van der Waals surface area (Å²) in [6, 6.07) is 8.20. The summed E-state index contributed by atoms with van der Waals surface area (Å²) >= 11 is 1.78. The molecule has 19 heavy (non-hydrogen) atoms. The quantitative estimate of drug-likeness (QED) is 0.841. The Labute approximate surface area is 118 Å². The Morgan fingerprint density at radius 1 is 1.26 bits per heavy atom. The van der Waals surface area contributed by atoms with Crippen LogP contribution in [0.4, 0.5) is 0 Å². The average molecular weight is 276 g/mol. The number of hydrogen-bond donors (Lipinski definition) is 1. The summed E-state index contributed by atoms with van der Waals surface area (Å²) in [7, 11) is 0. The molecule has 0 spiro atoms. The zero-order chi connectivity index (χ0) is 13.5. The SMILES string of the molecule is CCOc1cccc(CNCc2ncc(CC)s2)c1. The number of hydrogen-bond acceptors (Lipinski definition) is 4. The van der Waals surface area contributed by atoms with Crippen molar-refractivity contribution in [3.05, 3.63) is 45.9 Å². The Morgan fingerprint density at radius 2 is 2.16 bits per heavy atom. The van der Waals surface area contributed by atoms with Gasteiger partial charge < -0.3 is 10.1 Å². The summed E-state index contributed by atoms with van der Waals surface area (Å²) in [5.41, 5.74) is 1.23. The van der Waals surface area contributed by atoms with E-state index >= 15 is 0 Å². The van der Waals surface area contributed by atoms with Gasteiger partial charge in [0.2, 0.25) is 0 Å². The fraction of sp³-hybridized carbons (Fsp3) is 0.400. The molecule has 2 aromatic rings. The molecule has 1 N–H and O–H groups in total. The van der Waals surface area contributed by atoms with Crippen molar-refractivity contribution in [1.82, 2.24) is 10.3 Å². The van der Waals surface area contributed by atoms with Gasteiger partial charge in [0.25, 0.3) is 0 Å². The molecule has 0 amide bonds. The van der Waals surface area contributed by atoms with Gasteiger partial charge in [-0.1, -0.05) is 19.1 Å². The molecule has 4 heteroatoms. The number of rotatable bonds is 7. The molecule has 0 radical (unpaired) electrons. The Balaban J connectivity index is 1.83. The number of aromatic nitrogens is 1. The van der Waals surface area contributed by atoms with Crippen LogP contribution < -0.4 is 10.1 Å². The second-order valence-electron chi connectivity index (χ2n) is 4.26. The molecule has 3 nitrogen and oxygen atoms in total. The summed E-state index contributed by atoms with van der Waals surface area (Å²) in [6.07, 6.45) is 3.03. The number of ether oxygens (including phenoxy) is 1.